The summed E-state index contributed by atoms with van der Waals surface area (Å²) in [5, 5.41) is 2.96. The summed E-state index contributed by atoms with van der Waals surface area (Å²) in [5.41, 5.74) is 1.71. The van der Waals surface area contributed by atoms with Crippen LogP contribution in [0.15, 0.2) is 53.0 Å². The van der Waals surface area contributed by atoms with Crippen LogP contribution in [0.25, 0.3) is 0 Å². The van der Waals surface area contributed by atoms with Crippen LogP contribution in [0.5, 0.6) is 0 Å². The van der Waals surface area contributed by atoms with Gasteiger partial charge < -0.3 is 5.32 Å². The minimum absolute atomic E-state index is 0.0201. The Morgan fingerprint density at radius 3 is 2.50 bits per heavy atom. The van der Waals surface area contributed by atoms with E-state index in [2.05, 4.69) is 21.2 Å². The quantitative estimate of drug-likeness (QED) is 0.846. The fourth-order valence-corrected chi connectivity index (χ4v) is 2.66. The van der Waals surface area contributed by atoms with Gasteiger partial charge in [-0.2, -0.15) is 0 Å². The van der Waals surface area contributed by atoms with Crippen molar-refractivity contribution in [1.29, 1.82) is 0 Å². The predicted octanol–water partition coefficient (Wildman–Crippen LogP) is 4.22. The highest BCUT2D eigenvalue weighted by Crippen LogP contribution is 2.22. The fraction of sp³-hybridized carbons (Fsp3) is 0.278. The van der Waals surface area contributed by atoms with Crippen molar-refractivity contribution in [2.24, 2.45) is 0 Å². The van der Waals surface area contributed by atoms with Crippen molar-refractivity contribution in [1.82, 2.24) is 5.32 Å². The number of benzene rings is 2. The molecule has 0 saturated carbocycles. The van der Waals surface area contributed by atoms with Gasteiger partial charge in [-0.3, -0.25) is 4.79 Å². The summed E-state index contributed by atoms with van der Waals surface area (Å²) in [6.45, 7) is 4.56. The van der Waals surface area contributed by atoms with E-state index in [0.717, 1.165) is 15.6 Å². The summed E-state index contributed by atoms with van der Waals surface area (Å²) in [5.74, 6) is -0.272. The minimum atomic E-state index is -0.252. The van der Waals surface area contributed by atoms with E-state index in [4.69, 9.17) is 0 Å². The molecule has 2 aromatic rings. The topological polar surface area (TPSA) is 29.1 Å². The highest BCUT2D eigenvalue weighted by Gasteiger charge is 2.21. The fourth-order valence-electron chi connectivity index (χ4n) is 2.22. The van der Waals surface area contributed by atoms with Crippen molar-refractivity contribution in [3.63, 3.8) is 0 Å². The molecule has 1 N–H and O–H groups in total. The predicted molar refractivity (Wildman–Crippen MR) is 90.3 cm³/mol. The summed E-state index contributed by atoms with van der Waals surface area (Å²) in [4.78, 5) is 12.1. The van der Waals surface area contributed by atoms with E-state index in [1.807, 2.05) is 38.1 Å². The molecule has 0 spiro atoms. The molecule has 0 radical (unpaired) electrons. The van der Waals surface area contributed by atoms with E-state index in [1.54, 1.807) is 12.1 Å². The number of rotatable bonds is 5. The van der Waals surface area contributed by atoms with Crippen molar-refractivity contribution in [2.75, 3.05) is 6.54 Å². The van der Waals surface area contributed by atoms with E-state index in [9.17, 15) is 9.18 Å². The molecule has 0 aliphatic rings. The van der Waals surface area contributed by atoms with E-state index in [0.29, 0.717) is 13.0 Å². The van der Waals surface area contributed by atoms with Gasteiger partial charge >= 0.3 is 0 Å². The normalized spacial score (nSPS) is 11.3. The molecule has 2 aromatic carbocycles. The second-order valence-electron chi connectivity index (χ2n) is 5.97. The van der Waals surface area contributed by atoms with Gasteiger partial charge in [0.25, 0.3) is 0 Å². The van der Waals surface area contributed by atoms with Gasteiger partial charge in [-0.1, -0.05) is 54.0 Å². The van der Waals surface area contributed by atoms with Crippen LogP contribution in [-0.4, -0.2) is 12.5 Å². The number of hydrogen-bond acceptors (Lipinski definition) is 1. The maximum absolute atomic E-state index is 13.0. The number of nitrogens with one attached hydrogen (secondary N) is 1. The molecular formula is C18H19BrFNO. The van der Waals surface area contributed by atoms with Gasteiger partial charge in [0.2, 0.25) is 5.91 Å². The first kappa shape index (κ1) is 16.7. The Hall–Kier alpha value is -1.68. The van der Waals surface area contributed by atoms with Crippen LogP contribution in [0.2, 0.25) is 0 Å². The van der Waals surface area contributed by atoms with Crippen LogP contribution in [0.4, 0.5) is 4.39 Å². The molecule has 0 atom stereocenters. The second kappa shape index (κ2) is 7.05. The maximum atomic E-state index is 13.0. The van der Waals surface area contributed by atoms with Gasteiger partial charge in [0.15, 0.2) is 0 Å². The smallest absolute Gasteiger partial charge is 0.224 e. The number of amides is 1. The molecule has 0 bridgehead atoms. The molecule has 116 valence electrons. The maximum Gasteiger partial charge on any atom is 0.224 e. The van der Waals surface area contributed by atoms with Crippen molar-refractivity contribution in [3.8, 4) is 0 Å². The largest absolute Gasteiger partial charge is 0.355 e. The highest BCUT2D eigenvalue weighted by molar-refractivity contribution is 9.10. The van der Waals surface area contributed by atoms with Gasteiger partial charge in [-0.05, 0) is 35.4 Å². The van der Waals surface area contributed by atoms with Crippen LogP contribution in [-0.2, 0) is 16.6 Å². The molecule has 0 heterocycles. The third-order valence-corrected chi connectivity index (χ3v) is 4.10. The molecule has 0 aromatic heterocycles. The molecule has 2 rings (SSSR count). The summed E-state index contributed by atoms with van der Waals surface area (Å²) in [6, 6.07) is 14.1. The number of hydrogen-bond donors (Lipinski definition) is 1. The Balaban J connectivity index is 1.93. The first-order valence-electron chi connectivity index (χ1n) is 7.14. The van der Waals surface area contributed by atoms with Crippen LogP contribution < -0.4 is 5.32 Å². The van der Waals surface area contributed by atoms with E-state index in [-0.39, 0.29) is 17.1 Å². The third-order valence-electron chi connectivity index (χ3n) is 3.61. The SMILES string of the molecule is CC(C)(CNC(=O)Cc1cccc(Br)c1)c1ccc(F)cc1. The number of halogens is 2. The Bertz CT molecular complexity index is 652. The molecule has 0 aliphatic carbocycles. The zero-order chi connectivity index (χ0) is 16.2. The Kier molecular flexibility index (Phi) is 5.35. The lowest BCUT2D eigenvalue weighted by Crippen LogP contribution is -2.37. The van der Waals surface area contributed by atoms with E-state index in [1.165, 1.54) is 12.1 Å². The molecular weight excluding hydrogens is 345 g/mol. The van der Waals surface area contributed by atoms with Crippen molar-refractivity contribution in [2.45, 2.75) is 25.7 Å². The molecule has 1 amide bonds. The van der Waals surface area contributed by atoms with Crippen LogP contribution >= 0.6 is 15.9 Å². The van der Waals surface area contributed by atoms with Crippen molar-refractivity contribution in [3.05, 3.63) is 69.9 Å². The van der Waals surface area contributed by atoms with Gasteiger partial charge in [-0.15, -0.1) is 0 Å². The van der Waals surface area contributed by atoms with Gasteiger partial charge in [0, 0.05) is 16.4 Å². The Morgan fingerprint density at radius 1 is 1.18 bits per heavy atom. The standard InChI is InChI=1S/C18H19BrFNO/c1-18(2,14-6-8-16(20)9-7-14)12-21-17(22)11-13-4-3-5-15(19)10-13/h3-10H,11-12H2,1-2H3,(H,21,22). The summed E-state index contributed by atoms with van der Waals surface area (Å²) >= 11 is 3.40. The third kappa shape index (κ3) is 4.67. The summed E-state index contributed by atoms with van der Waals surface area (Å²) < 4.78 is 14.0. The van der Waals surface area contributed by atoms with Crippen LogP contribution in [0, 0.1) is 5.82 Å². The summed E-state index contributed by atoms with van der Waals surface area (Å²) in [6.07, 6.45) is 0.346. The number of carbonyl (C=O) groups excluding carboxylic acids is 1. The minimum Gasteiger partial charge on any atom is -0.355 e. The average molecular weight is 364 g/mol. The molecule has 22 heavy (non-hydrogen) atoms. The Labute approximate surface area is 138 Å². The van der Waals surface area contributed by atoms with E-state index < -0.39 is 0 Å². The van der Waals surface area contributed by atoms with Gasteiger partial charge in [0.1, 0.15) is 5.82 Å². The lowest BCUT2D eigenvalue weighted by Gasteiger charge is -2.25. The zero-order valence-corrected chi connectivity index (χ0v) is 14.3. The molecule has 0 unspecified atom stereocenters. The molecule has 0 fully saturated rings. The molecule has 4 heteroatoms. The lowest BCUT2D eigenvalue weighted by molar-refractivity contribution is -0.120. The second-order valence-corrected chi connectivity index (χ2v) is 6.89. The van der Waals surface area contributed by atoms with Crippen LogP contribution in [0.3, 0.4) is 0 Å². The zero-order valence-electron chi connectivity index (χ0n) is 12.7. The highest BCUT2D eigenvalue weighted by atomic mass is 79.9. The van der Waals surface area contributed by atoms with Gasteiger partial charge in [0.05, 0.1) is 6.42 Å². The van der Waals surface area contributed by atoms with Gasteiger partial charge in [-0.25, -0.2) is 4.39 Å². The first-order valence-corrected chi connectivity index (χ1v) is 7.93. The monoisotopic (exact) mass is 363 g/mol. The number of carbonyl (C=O) groups is 1. The Morgan fingerprint density at radius 2 is 1.86 bits per heavy atom. The van der Waals surface area contributed by atoms with Crippen LogP contribution in [0.1, 0.15) is 25.0 Å². The molecule has 0 aliphatic heterocycles. The molecule has 2 nitrogen and oxygen atoms in total. The van der Waals surface area contributed by atoms with Crippen molar-refractivity contribution >= 4 is 21.8 Å². The summed E-state index contributed by atoms with van der Waals surface area (Å²) in [7, 11) is 0. The lowest BCUT2D eigenvalue weighted by atomic mass is 9.84. The molecule has 0 saturated heterocycles. The average Bonchev–Trinajstić information content (AvgIpc) is 2.46. The van der Waals surface area contributed by atoms with E-state index >= 15 is 0 Å². The first-order chi connectivity index (χ1) is 10.4. The van der Waals surface area contributed by atoms with Crippen molar-refractivity contribution < 1.29 is 9.18 Å².